The van der Waals surface area contributed by atoms with E-state index in [0.29, 0.717) is 16.7 Å². The Morgan fingerprint density at radius 3 is 2.65 bits per heavy atom. The summed E-state index contributed by atoms with van der Waals surface area (Å²) in [5.41, 5.74) is 1.49. The Morgan fingerprint density at radius 1 is 1.12 bits per heavy atom. The second-order valence-electron chi connectivity index (χ2n) is 5.46. The summed E-state index contributed by atoms with van der Waals surface area (Å²) >= 11 is 0. The van der Waals surface area contributed by atoms with Crippen LogP contribution in [0.15, 0.2) is 64.8 Å². The van der Waals surface area contributed by atoms with Gasteiger partial charge in [0.2, 0.25) is 10.0 Å². The molecular formula is C17H16N4O4S. The molecular weight excluding hydrogens is 356 g/mol. The normalized spacial score (nSPS) is 11.4. The Morgan fingerprint density at radius 2 is 1.88 bits per heavy atom. The molecule has 134 valence electrons. The molecule has 0 atom stereocenters. The van der Waals surface area contributed by atoms with Crippen LogP contribution >= 0.6 is 0 Å². The first-order valence-corrected chi connectivity index (χ1v) is 9.11. The molecule has 0 radical (unpaired) electrons. The summed E-state index contributed by atoms with van der Waals surface area (Å²) < 4.78 is 26.6. The summed E-state index contributed by atoms with van der Waals surface area (Å²) in [7, 11) is -3.72. The number of imidazole rings is 1. The fourth-order valence-electron chi connectivity index (χ4n) is 2.37. The Bertz CT molecular complexity index is 1140. The van der Waals surface area contributed by atoms with Crippen LogP contribution in [0.1, 0.15) is 10.4 Å². The van der Waals surface area contributed by atoms with Crippen molar-refractivity contribution in [2.45, 2.75) is 4.90 Å². The highest BCUT2D eigenvalue weighted by molar-refractivity contribution is 7.89. The third-order valence-electron chi connectivity index (χ3n) is 3.60. The van der Waals surface area contributed by atoms with Crippen molar-refractivity contribution < 1.29 is 13.2 Å². The van der Waals surface area contributed by atoms with E-state index < -0.39 is 15.9 Å². The van der Waals surface area contributed by atoms with Gasteiger partial charge in [-0.25, -0.2) is 17.9 Å². The van der Waals surface area contributed by atoms with Crippen molar-refractivity contribution in [2.75, 3.05) is 11.9 Å². The molecule has 0 saturated carbocycles. The number of carbonyl (C=O) groups excluding carboxylic acids is 1. The van der Waals surface area contributed by atoms with Gasteiger partial charge in [-0.05, 0) is 36.4 Å². The van der Waals surface area contributed by atoms with Gasteiger partial charge in [-0.15, -0.1) is 6.58 Å². The van der Waals surface area contributed by atoms with E-state index in [4.69, 9.17) is 0 Å². The van der Waals surface area contributed by atoms with Crippen molar-refractivity contribution in [3.63, 3.8) is 0 Å². The molecule has 0 saturated heterocycles. The maximum atomic E-state index is 12.4. The zero-order valence-electron chi connectivity index (χ0n) is 13.6. The molecule has 3 aromatic rings. The van der Waals surface area contributed by atoms with E-state index in [0.717, 1.165) is 0 Å². The number of anilines is 1. The van der Waals surface area contributed by atoms with E-state index in [1.165, 1.54) is 30.3 Å². The van der Waals surface area contributed by atoms with Crippen LogP contribution in [-0.4, -0.2) is 30.8 Å². The third-order valence-corrected chi connectivity index (χ3v) is 5.02. The van der Waals surface area contributed by atoms with Gasteiger partial charge in [-0.2, -0.15) is 0 Å². The summed E-state index contributed by atoms with van der Waals surface area (Å²) in [6.07, 6.45) is 1.43. The summed E-state index contributed by atoms with van der Waals surface area (Å²) in [5, 5.41) is 2.68. The molecule has 1 heterocycles. The van der Waals surface area contributed by atoms with Crippen LogP contribution in [0.3, 0.4) is 0 Å². The topological polar surface area (TPSA) is 124 Å². The average Bonchev–Trinajstić information content (AvgIpc) is 2.99. The zero-order valence-corrected chi connectivity index (χ0v) is 14.4. The van der Waals surface area contributed by atoms with Gasteiger partial charge in [0.1, 0.15) is 0 Å². The smallest absolute Gasteiger partial charge is 0.322 e. The van der Waals surface area contributed by atoms with Gasteiger partial charge in [0.15, 0.2) is 0 Å². The first kappa shape index (κ1) is 17.6. The van der Waals surface area contributed by atoms with Gasteiger partial charge in [-0.3, -0.25) is 4.79 Å². The van der Waals surface area contributed by atoms with Crippen LogP contribution < -0.4 is 15.7 Å². The number of nitrogens with one attached hydrogen (secondary N) is 4. The fraction of sp³-hybridized carbons (Fsp3) is 0.0588. The minimum Gasteiger partial charge on any atom is -0.322 e. The number of hydrogen-bond acceptors (Lipinski definition) is 4. The number of amides is 1. The first-order chi connectivity index (χ1) is 12.4. The van der Waals surface area contributed by atoms with Crippen LogP contribution in [-0.2, 0) is 10.0 Å². The number of aromatic amines is 2. The van der Waals surface area contributed by atoms with Crippen molar-refractivity contribution >= 4 is 32.7 Å². The summed E-state index contributed by atoms with van der Waals surface area (Å²) in [4.78, 5) is 28.9. The number of H-pyrrole nitrogens is 2. The Kier molecular flexibility index (Phi) is 4.74. The van der Waals surface area contributed by atoms with Crippen LogP contribution in [0.25, 0.3) is 11.0 Å². The SMILES string of the molecule is C=CCNS(=O)(=O)c1cccc(C(=O)Nc2ccc3[nH]c(=O)[nH]c3c2)c1. The molecule has 26 heavy (non-hydrogen) atoms. The second kappa shape index (κ2) is 6.98. The monoisotopic (exact) mass is 372 g/mol. The molecule has 0 aliphatic carbocycles. The third kappa shape index (κ3) is 3.73. The standard InChI is InChI=1S/C17H16N4O4S/c1-2-8-18-26(24,25)13-5-3-4-11(9-13)16(22)19-12-6-7-14-15(10-12)21-17(23)20-14/h2-7,9-10,18H,1,8H2,(H,19,22)(H2,20,21,23). The number of aromatic nitrogens is 2. The molecule has 1 aromatic heterocycles. The first-order valence-electron chi connectivity index (χ1n) is 7.63. The molecule has 3 rings (SSSR count). The van der Waals surface area contributed by atoms with E-state index in [9.17, 15) is 18.0 Å². The lowest BCUT2D eigenvalue weighted by molar-refractivity contribution is 0.102. The van der Waals surface area contributed by atoms with Crippen molar-refractivity contribution in [3.05, 3.63) is 71.2 Å². The van der Waals surface area contributed by atoms with Crippen LogP contribution in [0.5, 0.6) is 0 Å². The number of hydrogen-bond donors (Lipinski definition) is 4. The minimum atomic E-state index is -3.72. The van der Waals surface area contributed by atoms with Crippen molar-refractivity contribution in [3.8, 4) is 0 Å². The van der Waals surface area contributed by atoms with Crippen LogP contribution in [0.2, 0.25) is 0 Å². The molecule has 0 fully saturated rings. The lowest BCUT2D eigenvalue weighted by atomic mass is 10.2. The molecule has 0 aliphatic heterocycles. The highest BCUT2D eigenvalue weighted by Gasteiger charge is 2.15. The molecule has 9 heteroatoms. The number of sulfonamides is 1. The van der Waals surface area contributed by atoms with Gasteiger partial charge >= 0.3 is 5.69 Å². The van der Waals surface area contributed by atoms with Gasteiger partial charge in [0.25, 0.3) is 5.91 Å². The molecule has 0 unspecified atom stereocenters. The van der Waals surface area contributed by atoms with Crippen LogP contribution in [0.4, 0.5) is 5.69 Å². The number of rotatable bonds is 6. The summed E-state index contributed by atoms with van der Waals surface area (Å²) in [6.45, 7) is 3.55. The highest BCUT2D eigenvalue weighted by atomic mass is 32.2. The summed E-state index contributed by atoms with van der Waals surface area (Å²) in [6, 6.07) is 10.6. The fourth-order valence-corrected chi connectivity index (χ4v) is 3.41. The van der Waals surface area contributed by atoms with E-state index in [1.54, 1.807) is 18.2 Å². The maximum absolute atomic E-state index is 12.4. The van der Waals surface area contributed by atoms with Crippen molar-refractivity contribution in [2.24, 2.45) is 0 Å². The highest BCUT2D eigenvalue weighted by Crippen LogP contribution is 2.17. The quantitative estimate of drug-likeness (QED) is 0.490. The molecule has 1 amide bonds. The van der Waals surface area contributed by atoms with Crippen molar-refractivity contribution in [1.82, 2.24) is 14.7 Å². The van der Waals surface area contributed by atoms with E-state index >= 15 is 0 Å². The maximum Gasteiger partial charge on any atom is 0.323 e. The average molecular weight is 372 g/mol. The van der Waals surface area contributed by atoms with Gasteiger partial charge in [0.05, 0.1) is 15.9 Å². The molecule has 2 aromatic carbocycles. The molecule has 8 nitrogen and oxygen atoms in total. The van der Waals surface area contributed by atoms with Crippen LogP contribution in [0, 0.1) is 0 Å². The van der Waals surface area contributed by atoms with Gasteiger partial charge in [-0.1, -0.05) is 12.1 Å². The Hall–Kier alpha value is -3.17. The lowest BCUT2D eigenvalue weighted by Crippen LogP contribution is -2.24. The van der Waals surface area contributed by atoms with Gasteiger partial charge < -0.3 is 15.3 Å². The Balaban J connectivity index is 1.84. The minimum absolute atomic E-state index is 0.0163. The largest absolute Gasteiger partial charge is 0.323 e. The molecule has 0 spiro atoms. The predicted octanol–water partition coefficient (Wildman–Crippen LogP) is 1.57. The Labute approximate surface area is 149 Å². The lowest BCUT2D eigenvalue weighted by Gasteiger charge is -2.08. The van der Waals surface area contributed by atoms with E-state index in [2.05, 4.69) is 26.6 Å². The predicted molar refractivity (Wildman–Crippen MR) is 98.7 cm³/mol. The second-order valence-corrected chi connectivity index (χ2v) is 7.23. The number of carbonyl (C=O) groups is 1. The molecule has 4 N–H and O–H groups in total. The molecule has 0 aliphatic rings. The van der Waals surface area contributed by atoms with Crippen molar-refractivity contribution in [1.29, 1.82) is 0 Å². The van der Waals surface area contributed by atoms with E-state index in [-0.39, 0.29) is 22.7 Å². The number of benzene rings is 2. The van der Waals surface area contributed by atoms with Gasteiger partial charge in [0, 0.05) is 17.8 Å². The zero-order chi connectivity index (χ0) is 18.7. The van der Waals surface area contributed by atoms with E-state index in [1.807, 2.05) is 0 Å². The summed E-state index contributed by atoms with van der Waals surface area (Å²) in [5.74, 6) is -0.469. The number of fused-ring (bicyclic) bond motifs is 1. The molecule has 0 bridgehead atoms.